The Morgan fingerprint density at radius 1 is 1.20 bits per heavy atom. The summed E-state index contributed by atoms with van der Waals surface area (Å²) in [6, 6.07) is 0. The molecule has 0 aliphatic carbocycles. The maximum Gasteiger partial charge on any atom is 0.330 e. The van der Waals surface area contributed by atoms with E-state index in [2.05, 4.69) is 11.3 Å². The van der Waals surface area contributed by atoms with Crippen LogP contribution in [0, 0.1) is 0 Å². The number of carboxylic acid groups (broad SMARTS) is 2. The van der Waals surface area contributed by atoms with Crippen molar-refractivity contribution >= 4 is 17.9 Å². The molecule has 6 nitrogen and oxygen atoms in total. The van der Waals surface area contributed by atoms with E-state index in [4.69, 9.17) is 10.2 Å². The lowest BCUT2D eigenvalue weighted by Crippen LogP contribution is -2.00. The molecule has 0 aromatic heterocycles. The zero-order valence-electron chi connectivity index (χ0n) is 8.17. The molecule has 0 heterocycles. The van der Waals surface area contributed by atoms with Crippen LogP contribution >= 0.6 is 0 Å². The van der Waals surface area contributed by atoms with Gasteiger partial charge in [-0.1, -0.05) is 6.58 Å². The van der Waals surface area contributed by atoms with E-state index in [-0.39, 0.29) is 6.61 Å². The van der Waals surface area contributed by atoms with Gasteiger partial charge in [0.25, 0.3) is 0 Å². The summed E-state index contributed by atoms with van der Waals surface area (Å²) in [5.74, 6) is -2.78. The highest BCUT2D eigenvalue weighted by atomic mass is 16.5. The Kier molecular flexibility index (Phi) is 10.2. The first-order chi connectivity index (χ1) is 6.93. The lowest BCUT2D eigenvalue weighted by Gasteiger charge is -1.92. The molecule has 0 atom stereocenters. The molecular formula is C9H12O6. The molecule has 6 heteroatoms. The van der Waals surface area contributed by atoms with Crippen LogP contribution in [-0.2, 0) is 19.1 Å². The van der Waals surface area contributed by atoms with Crippen LogP contribution < -0.4 is 0 Å². The molecule has 0 rings (SSSR count). The second kappa shape index (κ2) is 9.97. The van der Waals surface area contributed by atoms with Gasteiger partial charge in [0.1, 0.15) is 0 Å². The van der Waals surface area contributed by atoms with Crippen molar-refractivity contribution in [3.8, 4) is 0 Å². The maximum atomic E-state index is 10.4. The fraction of sp³-hybridized carbons (Fsp3) is 0.222. The van der Waals surface area contributed by atoms with Gasteiger partial charge in [-0.3, -0.25) is 0 Å². The minimum atomic E-state index is -1.16. The second-order valence-corrected chi connectivity index (χ2v) is 1.97. The quantitative estimate of drug-likeness (QED) is 0.522. The Morgan fingerprint density at radius 2 is 1.67 bits per heavy atom. The van der Waals surface area contributed by atoms with Crippen molar-refractivity contribution in [1.29, 1.82) is 0 Å². The third kappa shape index (κ3) is 18.7. The van der Waals surface area contributed by atoms with Gasteiger partial charge in [-0.05, 0) is 6.92 Å². The van der Waals surface area contributed by atoms with Crippen LogP contribution in [0.25, 0.3) is 0 Å². The zero-order chi connectivity index (χ0) is 12.3. The third-order valence-corrected chi connectivity index (χ3v) is 0.823. The summed E-state index contributed by atoms with van der Waals surface area (Å²) in [5, 5.41) is 15.6. The fourth-order valence-corrected chi connectivity index (χ4v) is 0.330. The SMILES string of the molecule is C=CC(=O)O.CCOC(=O)/C=C\C(=O)O. The van der Waals surface area contributed by atoms with Gasteiger partial charge in [-0.2, -0.15) is 0 Å². The molecule has 2 N–H and O–H groups in total. The molecule has 0 aromatic rings. The number of ether oxygens (including phenoxy) is 1. The predicted molar refractivity (Wildman–Crippen MR) is 51.2 cm³/mol. The third-order valence-electron chi connectivity index (χ3n) is 0.823. The second-order valence-electron chi connectivity index (χ2n) is 1.97. The van der Waals surface area contributed by atoms with Crippen molar-refractivity contribution in [2.75, 3.05) is 6.61 Å². The monoisotopic (exact) mass is 216 g/mol. The van der Waals surface area contributed by atoms with Gasteiger partial charge in [-0.25, -0.2) is 14.4 Å². The van der Waals surface area contributed by atoms with Crippen molar-refractivity contribution in [3.05, 3.63) is 24.8 Å². The molecule has 0 aromatic carbocycles. The number of esters is 1. The Morgan fingerprint density at radius 3 is 1.93 bits per heavy atom. The fourth-order valence-electron chi connectivity index (χ4n) is 0.330. The average molecular weight is 216 g/mol. The van der Waals surface area contributed by atoms with Gasteiger partial charge in [0, 0.05) is 18.2 Å². The topological polar surface area (TPSA) is 101 Å². The van der Waals surface area contributed by atoms with E-state index in [1.165, 1.54) is 0 Å². The molecule has 15 heavy (non-hydrogen) atoms. The van der Waals surface area contributed by atoms with Crippen molar-refractivity contribution in [1.82, 2.24) is 0 Å². The first kappa shape index (κ1) is 15.4. The number of hydrogen-bond donors (Lipinski definition) is 2. The Hall–Kier alpha value is -2.11. The van der Waals surface area contributed by atoms with Crippen molar-refractivity contribution < 1.29 is 29.3 Å². The van der Waals surface area contributed by atoms with Gasteiger partial charge in [-0.15, -0.1) is 0 Å². The first-order valence-corrected chi connectivity index (χ1v) is 3.87. The van der Waals surface area contributed by atoms with E-state index in [0.29, 0.717) is 0 Å². The average Bonchev–Trinajstić information content (AvgIpc) is 2.16. The van der Waals surface area contributed by atoms with Crippen molar-refractivity contribution in [2.24, 2.45) is 0 Å². The molecular weight excluding hydrogens is 204 g/mol. The van der Waals surface area contributed by atoms with Crippen LogP contribution in [0.3, 0.4) is 0 Å². The Labute approximate surface area is 86.5 Å². The summed E-state index contributed by atoms with van der Waals surface area (Å²) in [4.78, 5) is 29.4. The smallest absolute Gasteiger partial charge is 0.330 e. The van der Waals surface area contributed by atoms with Crippen LogP contribution in [0.1, 0.15) is 6.92 Å². The van der Waals surface area contributed by atoms with Gasteiger partial charge < -0.3 is 14.9 Å². The summed E-state index contributed by atoms with van der Waals surface area (Å²) < 4.78 is 4.40. The Balaban J connectivity index is 0. The first-order valence-electron chi connectivity index (χ1n) is 3.87. The predicted octanol–water partition coefficient (Wildman–Crippen LogP) is 0.447. The van der Waals surface area contributed by atoms with E-state index < -0.39 is 17.9 Å². The van der Waals surface area contributed by atoms with Gasteiger partial charge in [0.05, 0.1) is 6.61 Å². The zero-order valence-corrected chi connectivity index (χ0v) is 8.17. The van der Waals surface area contributed by atoms with Gasteiger partial charge in [0.15, 0.2) is 0 Å². The lowest BCUT2D eigenvalue weighted by molar-refractivity contribution is -0.138. The number of carbonyl (C=O) groups excluding carboxylic acids is 1. The largest absolute Gasteiger partial charge is 0.478 e. The summed E-state index contributed by atoms with van der Waals surface area (Å²) in [6.07, 6.45) is 2.43. The minimum absolute atomic E-state index is 0.253. The standard InChI is InChI=1S/C6H8O4.C3H4O2/c1-2-10-6(9)4-3-5(7)8;1-2-3(4)5/h3-4H,2H2,1H3,(H,7,8);2H,1H2,(H,4,5)/b4-3-;. The summed E-state index contributed by atoms with van der Waals surface area (Å²) in [6.45, 7) is 4.86. The molecule has 84 valence electrons. The molecule has 0 aliphatic rings. The molecule has 0 bridgehead atoms. The van der Waals surface area contributed by atoms with Crippen molar-refractivity contribution in [3.63, 3.8) is 0 Å². The maximum absolute atomic E-state index is 10.4. The van der Waals surface area contributed by atoms with Crippen LogP contribution in [0.4, 0.5) is 0 Å². The van der Waals surface area contributed by atoms with E-state index >= 15 is 0 Å². The minimum Gasteiger partial charge on any atom is -0.478 e. The molecule has 0 saturated heterocycles. The number of carboxylic acids is 2. The Bertz CT molecular complexity index is 266. The van der Waals surface area contributed by atoms with Crippen LogP contribution in [-0.4, -0.2) is 34.7 Å². The molecule has 0 unspecified atom stereocenters. The molecule has 0 amide bonds. The van der Waals surface area contributed by atoms with Gasteiger partial charge in [0.2, 0.25) is 0 Å². The highest BCUT2D eigenvalue weighted by molar-refractivity contribution is 5.90. The van der Waals surface area contributed by atoms with E-state index in [9.17, 15) is 14.4 Å². The van der Waals surface area contributed by atoms with Crippen LogP contribution in [0.15, 0.2) is 24.8 Å². The number of aliphatic carboxylic acids is 2. The van der Waals surface area contributed by atoms with Crippen LogP contribution in [0.2, 0.25) is 0 Å². The normalized spacial score (nSPS) is 8.60. The highest BCUT2D eigenvalue weighted by Crippen LogP contribution is 1.80. The van der Waals surface area contributed by atoms with E-state index in [1.54, 1.807) is 6.92 Å². The summed E-state index contributed by atoms with van der Waals surface area (Å²) in [5.41, 5.74) is 0. The lowest BCUT2D eigenvalue weighted by atomic mass is 10.5. The summed E-state index contributed by atoms with van der Waals surface area (Å²) in [7, 11) is 0. The molecule has 0 aliphatic heterocycles. The van der Waals surface area contributed by atoms with E-state index in [0.717, 1.165) is 18.2 Å². The molecule has 0 saturated carbocycles. The number of carbonyl (C=O) groups is 3. The number of rotatable bonds is 4. The van der Waals surface area contributed by atoms with Crippen LogP contribution in [0.5, 0.6) is 0 Å². The molecule has 0 spiro atoms. The highest BCUT2D eigenvalue weighted by Gasteiger charge is 1.94. The van der Waals surface area contributed by atoms with E-state index in [1.807, 2.05) is 0 Å². The molecule has 0 fully saturated rings. The van der Waals surface area contributed by atoms with Gasteiger partial charge >= 0.3 is 17.9 Å². The van der Waals surface area contributed by atoms with Crippen molar-refractivity contribution in [2.45, 2.75) is 6.92 Å². The molecule has 0 radical (unpaired) electrons. The number of hydrogen-bond acceptors (Lipinski definition) is 4. The summed E-state index contributed by atoms with van der Waals surface area (Å²) >= 11 is 0.